The van der Waals surface area contributed by atoms with E-state index < -0.39 is 109 Å². The Kier molecular flexibility index (Phi) is 6.41. The number of hydrogen-bond acceptors (Lipinski definition) is 9. The zero-order valence-corrected chi connectivity index (χ0v) is 20.3. The fourth-order valence-electron chi connectivity index (χ4n) is 4.58. The second kappa shape index (κ2) is 10.1. The van der Waals surface area contributed by atoms with E-state index in [0.29, 0.717) is 0 Å². The minimum atomic E-state index is -1.65. The summed E-state index contributed by atoms with van der Waals surface area (Å²) in [5.74, 6) is -3.18. The van der Waals surface area contributed by atoms with Crippen LogP contribution in [0.2, 0.25) is 0 Å². The third-order valence-electron chi connectivity index (χ3n) is 6.02. The predicted molar refractivity (Wildman–Crippen MR) is 130 cm³/mol. The number of allylic oxidation sites excluding steroid dienone is 7. The lowest BCUT2D eigenvalue weighted by Gasteiger charge is -2.14. The van der Waals surface area contributed by atoms with Crippen LogP contribution in [0.5, 0.6) is 0 Å². The highest BCUT2D eigenvalue weighted by atomic mass is 19.2. The molecule has 2 aliphatic carbocycles. The van der Waals surface area contributed by atoms with Gasteiger partial charge in [0.25, 0.3) is 11.4 Å². The molecular formula is C26HF5N12. The van der Waals surface area contributed by atoms with Gasteiger partial charge in [-0.1, -0.05) is 6.07 Å². The predicted octanol–water partition coefficient (Wildman–Crippen LogP) is 4.31. The summed E-state index contributed by atoms with van der Waals surface area (Å²) in [5.41, 5.74) is -7.72. The molecule has 0 atom stereocenters. The van der Waals surface area contributed by atoms with Crippen molar-refractivity contribution in [2.45, 2.75) is 0 Å². The molecule has 0 aliphatic heterocycles. The van der Waals surface area contributed by atoms with E-state index >= 15 is 4.39 Å². The highest BCUT2D eigenvalue weighted by Crippen LogP contribution is 2.55. The first-order valence-electron chi connectivity index (χ1n) is 11.0. The number of aromatic nitrogens is 6. The Bertz CT molecular complexity index is 2030. The van der Waals surface area contributed by atoms with Crippen LogP contribution >= 0.6 is 0 Å². The minimum absolute atomic E-state index is 0.405. The van der Waals surface area contributed by atoms with Crippen LogP contribution in [0.1, 0.15) is 33.9 Å². The molecule has 0 N–H and O–H groups in total. The van der Waals surface area contributed by atoms with E-state index in [9.17, 15) is 33.3 Å². The molecule has 200 valence electrons. The van der Waals surface area contributed by atoms with Crippen molar-refractivity contribution < 1.29 is 22.0 Å². The minimum Gasteiger partial charge on any atom is -0.237 e. The monoisotopic (exact) mass is 576 g/mol. The molecule has 0 saturated heterocycles. The van der Waals surface area contributed by atoms with E-state index in [-0.39, 0.29) is 0 Å². The van der Waals surface area contributed by atoms with Crippen LogP contribution in [-0.2, 0) is 0 Å². The number of nitriles is 3. The van der Waals surface area contributed by atoms with Gasteiger partial charge in [0.15, 0.2) is 11.6 Å². The number of rotatable bonds is 2. The van der Waals surface area contributed by atoms with E-state index in [2.05, 4.69) is 44.4 Å². The summed E-state index contributed by atoms with van der Waals surface area (Å²) in [6, 6.07) is 5.69. The summed E-state index contributed by atoms with van der Waals surface area (Å²) in [7, 11) is 0. The Balaban J connectivity index is 2.01. The molecule has 0 unspecified atom stereocenters. The molecule has 0 saturated carbocycles. The summed E-state index contributed by atoms with van der Waals surface area (Å²) < 4.78 is 72.7. The summed E-state index contributed by atoms with van der Waals surface area (Å²) in [5, 5.41) is 29.4. The SMILES string of the molecule is [C-]#[N+]C1=C(c2nc(F)nc(F)n2)/C(=C(/C#N)[N+]#[C-])c2c1cc1c(c2F)/C(=C(/C#N)[N+]#[C-])C(c2nc(F)nc(F)n2)=C1C#N. The van der Waals surface area contributed by atoms with E-state index in [4.69, 9.17) is 19.7 Å². The fourth-order valence-corrected chi connectivity index (χ4v) is 4.58. The van der Waals surface area contributed by atoms with Gasteiger partial charge in [-0.05, 0) is 5.56 Å². The molecule has 17 heteroatoms. The Morgan fingerprint density at radius 1 is 0.651 bits per heavy atom. The molecule has 0 spiro atoms. The van der Waals surface area contributed by atoms with Gasteiger partial charge in [-0.15, -0.1) is 0 Å². The maximum atomic E-state index is 16.8. The van der Waals surface area contributed by atoms with Crippen molar-refractivity contribution in [2.24, 2.45) is 0 Å². The first-order chi connectivity index (χ1) is 20.6. The van der Waals surface area contributed by atoms with Gasteiger partial charge >= 0.3 is 24.3 Å². The van der Waals surface area contributed by atoms with Crippen molar-refractivity contribution in [1.82, 2.24) is 29.9 Å². The maximum absolute atomic E-state index is 16.8. The van der Waals surface area contributed by atoms with Crippen LogP contribution in [0.15, 0.2) is 17.5 Å². The lowest BCUT2D eigenvalue weighted by atomic mass is 9.92. The van der Waals surface area contributed by atoms with Crippen LogP contribution in [-0.4, -0.2) is 29.9 Å². The number of fused-ring (bicyclic) bond motifs is 2. The van der Waals surface area contributed by atoms with Crippen molar-refractivity contribution in [3.05, 3.63) is 116 Å². The molecular weight excluding hydrogens is 575 g/mol. The third kappa shape index (κ3) is 3.99. The molecule has 0 amide bonds. The topological polar surface area (TPSA) is 162 Å². The van der Waals surface area contributed by atoms with Crippen molar-refractivity contribution >= 4 is 33.6 Å². The average Bonchev–Trinajstić information content (AvgIpc) is 3.47. The zero-order valence-electron chi connectivity index (χ0n) is 20.3. The Morgan fingerprint density at radius 2 is 1.09 bits per heavy atom. The van der Waals surface area contributed by atoms with Crippen LogP contribution in [0.3, 0.4) is 0 Å². The van der Waals surface area contributed by atoms with Gasteiger partial charge in [-0.25, -0.2) is 29.4 Å². The smallest absolute Gasteiger partial charge is 0.237 e. The van der Waals surface area contributed by atoms with Gasteiger partial charge in [0.1, 0.15) is 11.9 Å². The molecule has 2 heterocycles. The summed E-state index contributed by atoms with van der Waals surface area (Å²) >= 11 is 0. The van der Waals surface area contributed by atoms with Crippen LogP contribution in [0.25, 0.3) is 48.1 Å². The van der Waals surface area contributed by atoms with Gasteiger partial charge in [-0.2, -0.15) is 52.7 Å². The molecule has 0 fully saturated rings. The number of benzene rings is 1. The second-order valence-electron chi connectivity index (χ2n) is 8.02. The van der Waals surface area contributed by atoms with Crippen molar-refractivity contribution in [1.29, 1.82) is 15.8 Å². The number of hydrogen-bond donors (Lipinski definition) is 0. The maximum Gasteiger partial charge on any atom is 0.314 e. The molecule has 2 aliphatic rings. The molecule has 0 bridgehead atoms. The Labute approximate surface area is 235 Å². The lowest BCUT2D eigenvalue weighted by molar-refractivity contribution is 0.451. The van der Waals surface area contributed by atoms with E-state index in [1.54, 1.807) is 6.07 Å². The number of nitrogens with zero attached hydrogens (tertiary/aromatic N) is 12. The van der Waals surface area contributed by atoms with Gasteiger partial charge in [0, 0.05) is 39.0 Å². The number of halogens is 5. The lowest BCUT2D eigenvalue weighted by Crippen LogP contribution is -2.06. The van der Waals surface area contributed by atoms with E-state index in [0.717, 1.165) is 6.07 Å². The van der Waals surface area contributed by atoms with E-state index in [1.165, 1.54) is 12.1 Å². The molecule has 3 aromatic rings. The summed E-state index contributed by atoms with van der Waals surface area (Å²) in [4.78, 5) is 28.2. The van der Waals surface area contributed by atoms with Crippen molar-refractivity contribution in [2.75, 3.05) is 0 Å². The average molecular weight is 576 g/mol. The normalized spacial score (nSPS) is 15.3. The van der Waals surface area contributed by atoms with E-state index in [1.807, 2.05) is 0 Å². The first-order valence-corrected chi connectivity index (χ1v) is 11.0. The van der Waals surface area contributed by atoms with Gasteiger partial charge < -0.3 is 0 Å². The quantitative estimate of drug-likeness (QED) is 0.246. The Morgan fingerprint density at radius 3 is 1.51 bits per heavy atom. The molecule has 1 aromatic carbocycles. The molecule has 5 rings (SSSR count). The fraction of sp³-hybridized carbons (Fsp3) is 0. The Hall–Kier alpha value is -7.21. The molecule has 12 nitrogen and oxygen atoms in total. The molecule has 2 aromatic heterocycles. The third-order valence-corrected chi connectivity index (χ3v) is 6.02. The molecule has 43 heavy (non-hydrogen) atoms. The first kappa shape index (κ1) is 27.4. The van der Waals surface area contributed by atoms with Crippen LogP contribution < -0.4 is 0 Å². The molecule has 0 radical (unpaired) electrons. The van der Waals surface area contributed by atoms with Gasteiger partial charge in [0.05, 0.1) is 37.4 Å². The highest BCUT2D eigenvalue weighted by Gasteiger charge is 2.42. The highest BCUT2D eigenvalue weighted by molar-refractivity contribution is 6.28. The van der Waals surface area contributed by atoms with Gasteiger partial charge in [-0.3, -0.25) is 0 Å². The standard InChI is InChI=1S/C26HF5N12/c1-35-11(6-33)16-13-8(10(5-32)15(16)21-38-23(28)42-24(29)39-21)4-9-14(19(13)27)17(12(7-34)36-2)18(20(9)37-3)22-40-25(30)43-26(31)41-22/h4H/b16-11+,17-12-. The van der Waals surface area contributed by atoms with Crippen molar-refractivity contribution in [3.63, 3.8) is 0 Å². The zero-order chi connectivity index (χ0) is 31.2. The van der Waals surface area contributed by atoms with Crippen LogP contribution in [0, 0.1) is 83.8 Å². The summed E-state index contributed by atoms with van der Waals surface area (Å²) in [6.07, 6.45) is -6.58. The van der Waals surface area contributed by atoms with Gasteiger partial charge in [0.2, 0.25) is 5.70 Å². The van der Waals surface area contributed by atoms with Crippen LogP contribution in [0.4, 0.5) is 22.0 Å². The largest absolute Gasteiger partial charge is 0.314 e. The second-order valence-corrected chi connectivity index (χ2v) is 8.02. The summed E-state index contributed by atoms with van der Waals surface area (Å²) in [6.45, 7) is 22.6. The van der Waals surface area contributed by atoms with Crippen molar-refractivity contribution in [3.8, 4) is 18.2 Å².